The van der Waals surface area contributed by atoms with Crippen LogP contribution in [0.25, 0.3) is 0 Å². The summed E-state index contributed by atoms with van der Waals surface area (Å²) in [5.41, 5.74) is 2.15. The Kier molecular flexibility index (Phi) is 12.4. The van der Waals surface area contributed by atoms with E-state index in [0.29, 0.717) is 39.3 Å². The van der Waals surface area contributed by atoms with Crippen LogP contribution in [0.15, 0.2) is 67.0 Å². The van der Waals surface area contributed by atoms with Gasteiger partial charge < -0.3 is 24.2 Å². The van der Waals surface area contributed by atoms with Gasteiger partial charge >= 0.3 is 11.9 Å². The summed E-state index contributed by atoms with van der Waals surface area (Å²) in [6.45, 7) is 2.52. The molecule has 2 aromatic heterocycles. The first-order valence-corrected chi connectivity index (χ1v) is 17.4. The van der Waals surface area contributed by atoms with Gasteiger partial charge in [-0.15, -0.1) is 11.3 Å². The second kappa shape index (κ2) is 16.7. The smallest absolute Gasteiger partial charge is 0.336 e. The average molecular weight is 730 g/mol. The van der Waals surface area contributed by atoms with Crippen LogP contribution in [0.5, 0.6) is 11.5 Å². The monoisotopic (exact) mass is 728 g/mol. The fourth-order valence-electron chi connectivity index (χ4n) is 6.04. The largest absolute Gasteiger partial charge is 0.493 e. The zero-order chi connectivity index (χ0) is 35.1. The molecule has 0 spiro atoms. The number of carboxylic acid groups (broad SMARTS) is 1. The van der Waals surface area contributed by atoms with Gasteiger partial charge in [-0.25, -0.2) is 9.59 Å². The van der Waals surface area contributed by atoms with Gasteiger partial charge in [0, 0.05) is 32.5 Å². The normalized spacial score (nSPS) is 15.0. The van der Waals surface area contributed by atoms with Crippen molar-refractivity contribution >= 4 is 46.5 Å². The zero-order valence-corrected chi connectivity index (χ0v) is 29.9. The van der Waals surface area contributed by atoms with E-state index < -0.39 is 17.9 Å². The van der Waals surface area contributed by atoms with Crippen molar-refractivity contribution in [2.24, 2.45) is 5.92 Å². The third-order valence-corrected chi connectivity index (χ3v) is 10.7. The van der Waals surface area contributed by atoms with E-state index in [2.05, 4.69) is 17.3 Å². The minimum atomic E-state index is -1.10. The zero-order valence-electron chi connectivity index (χ0n) is 27.5. The Bertz CT molecular complexity index is 1740. The second-order valence-corrected chi connectivity index (χ2v) is 14.1. The highest BCUT2D eigenvalue weighted by molar-refractivity contribution is 7.12. The summed E-state index contributed by atoms with van der Waals surface area (Å²) >= 11 is 14.4. The highest BCUT2D eigenvalue weighted by atomic mass is 35.5. The maximum absolute atomic E-state index is 13.5. The number of thiophene rings is 1. The summed E-state index contributed by atoms with van der Waals surface area (Å²) < 4.78 is 17.6. The van der Waals surface area contributed by atoms with Crippen LogP contribution in [0.1, 0.15) is 61.6 Å². The number of rotatable bonds is 14. The molecule has 0 amide bonds. The minimum absolute atomic E-state index is 0.114. The SMILES string of the molecule is COc1ccc([C@H](Cc2c(Cl)c[n+](O)cc2Cl)c2sc(CNC(C(=O)OCC3CCN(C)CC3)c3ccccc3)cc2C(=O)O)cc1OC. The van der Waals surface area contributed by atoms with Crippen molar-refractivity contribution in [2.45, 2.75) is 37.8 Å². The van der Waals surface area contributed by atoms with Gasteiger partial charge in [-0.2, -0.15) is 0 Å². The van der Waals surface area contributed by atoms with E-state index in [-0.39, 0.29) is 34.5 Å². The first-order chi connectivity index (χ1) is 23.6. The van der Waals surface area contributed by atoms with Crippen LogP contribution in [0.4, 0.5) is 0 Å². The number of carboxylic acids is 1. The third kappa shape index (κ3) is 9.03. The lowest BCUT2D eigenvalue weighted by Gasteiger charge is -2.29. The van der Waals surface area contributed by atoms with Crippen molar-refractivity contribution in [2.75, 3.05) is 41.0 Å². The molecular formula is C36H40Cl2N3O7S+. The molecule has 2 atom stereocenters. The Morgan fingerprint density at radius 2 is 1.67 bits per heavy atom. The molecule has 49 heavy (non-hydrogen) atoms. The Morgan fingerprint density at radius 3 is 2.31 bits per heavy atom. The summed E-state index contributed by atoms with van der Waals surface area (Å²) in [5, 5.41) is 24.1. The van der Waals surface area contributed by atoms with E-state index in [9.17, 15) is 19.9 Å². The number of carbonyl (C=O) groups excluding carboxylic acids is 1. The van der Waals surface area contributed by atoms with E-state index in [0.717, 1.165) is 41.8 Å². The summed E-state index contributed by atoms with van der Waals surface area (Å²) in [6, 6.07) is 15.6. The Balaban J connectivity index is 1.46. The van der Waals surface area contributed by atoms with Gasteiger partial charge in [-0.1, -0.05) is 59.6 Å². The van der Waals surface area contributed by atoms with Crippen LogP contribution < -0.4 is 19.5 Å². The summed E-state index contributed by atoms with van der Waals surface area (Å²) in [4.78, 5) is 29.8. The first-order valence-electron chi connectivity index (χ1n) is 15.9. The molecule has 1 aliphatic rings. The molecule has 3 heterocycles. The van der Waals surface area contributed by atoms with Gasteiger partial charge in [0.05, 0.1) is 26.4 Å². The second-order valence-electron chi connectivity index (χ2n) is 12.1. The molecule has 0 aliphatic carbocycles. The molecule has 5 rings (SSSR count). The first kappa shape index (κ1) is 36.4. The van der Waals surface area contributed by atoms with Crippen LogP contribution >= 0.6 is 34.5 Å². The van der Waals surface area contributed by atoms with Crippen molar-refractivity contribution in [1.82, 2.24) is 10.2 Å². The molecule has 1 aliphatic heterocycles. The number of halogens is 2. The number of hydrogen-bond acceptors (Lipinski definition) is 9. The lowest BCUT2D eigenvalue weighted by Crippen LogP contribution is -2.34. The van der Waals surface area contributed by atoms with Crippen molar-refractivity contribution in [3.05, 3.63) is 109 Å². The number of methoxy groups -OCH3 is 2. The van der Waals surface area contributed by atoms with Gasteiger partial charge in [0.15, 0.2) is 11.5 Å². The molecule has 1 unspecified atom stereocenters. The number of nitrogens with one attached hydrogen (secondary N) is 1. The molecule has 4 aromatic rings. The Labute approximate surface area is 299 Å². The Morgan fingerprint density at radius 1 is 1.00 bits per heavy atom. The van der Waals surface area contributed by atoms with E-state index in [1.54, 1.807) is 18.2 Å². The molecule has 1 fully saturated rings. The van der Waals surface area contributed by atoms with Crippen molar-refractivity contribution in [3.8, 4) is 11.5 Å². The molecule has 2 aromatic carbocycles. The number of nitrogens with zero attached hydrogens (tertiary/aromatic N) is 2. The van der Waals surface area contributed by atoms with Crippen molar-refractivity contribution < 1.29 is 38.8 Å². The third-order valence-electron chi connectivity index (χ3n) is 8.79. The van der Waals surface area contributed by atoms with E-state index in [1.807, 2.05) is 36.4 Å². The predicted molar refractivity (Wildman–Crippen MR) is 187 cm³/mol. The van der Waals surface area contributed by atoms with Crippen molar-refractivity contribution in [3.63, 3.8) is 0 Å². The molecule has 260 valence electrons. The topological polar surface area (TPSA) is 121 Å². The lowest BCUT2D eigenvalue weighted by atomic mass is 9.88. The van der Waals surface area contributed by atoms with E-state index in [1.165, 1.54) is 38.0 Å². The highest BCUT2D eigenvalue weighted by Crippen LogP contribution is 2.41. The van der Waals surface area contributed by atoms with Gasteiger partial charge in [-0.3, -0.25) is 10.5 Å². The number of carbonyl (C=O) groups is 2. The number of aromatic carboxylic acids is 1. The number of benzene rings is 2. The Hall–Kier alpha value is -3.87. The molecule has 0 saturated carbocycles. The molecular weight excluding hydrogens is 689 g/mol. The molecule has 13 heteroatoms. The maximum Gasteiger partial charge on any atom is 0.336 e. The molecule has 1 saturated heterocycles. The number of aromatic nitrogens is 1. The summed E-state index contributed by atoms with van der Waals surface area (Å²) in [6.07, 6.45) is 4.82. The number of piperidine rings is 1. The van der Waals surface area contributed by atoms with Gasteiger partial charge in [0.2, 0.25) is 12.4 Å². The fraction of sp³-hybridized carbons (Fsp3) is 0.361. The number of esters is 1. The van der Waals surface area contributed by atoms with Crippen LogP contribution in [0.3, 0.4) is 0 Å². The standard InChI is InChI=1S/C36H39Cl2N3O7S/c1-40-13-11-22(12-14-40)21-48-36(44)33(23-7-5-4-6-8-23)39-18-25-16-28(35(42)43)34(49-25)26(17-27-29(37)19-41(45)20-30(27)38)24-9-10-31(46-2)32(15-24)47-3/h4-10,15-16,19-20,22,26,33,39H,11-14,17-18,21H2,1-3H3,(H-,42,43,45)/p+1/t26-,33?/m0/s1. The van der Waals surface area contributed by atoms with Crippen LogP contribution in [0.2, 0.25) is 10.0 Å². The minimum Gasteiger partial charge on any atom is -0.493 e. The predicted octanol–water partition coefficient (Wildman–Crippen LogP) is 6.39. The highest BCUT2D eigenvalue weighted by Gasteiger charge is 2.30. The number of hydrogen-bond donors (Lipinski definition) is 3. The van der Waals surface area contributed by atoms with E-state index >= 15 is 0 Å². The molecule has 0 radical (unpaired) electrons. The van der Waals surface area contributed by atoms with Crippen molar-refractivity contribution in [1.29, 1.82) is 0 Å². The number of pyridine rings is 1. The maximum atomic E-state index is 13.5. The van der Waals surface area contributed by atoms with Gasteiger partial charge in [-0.05, 0) is 74.6 Å². The van der Waals surface area contributed by atoms with Crippen LogP contribution in [-0.2, 0) is 22.5 Å². The van der Waals surface area contributed by atoms with E-state index in [4.69, 9.17) is 37.4 Å². The fourth-order valence-corrected chi connectivity index (χ4v) is 7.88. The summed E-state index contributed by atoms with van der Waals surface area (Å²) in [7, 11) is 5.16. The average Bonchev–Trinajstić information content (AvgIpc) is 3.52. The number of ether oxygens (including phenoxy) is 3. The summed E-state index contributed by atoms with van der Waals surface area (Å²) in [5.74, 6) is -0.693. The molecule has 0 bridgehead atoms. The lowest BCUT2D eigenvalue weighted by molar-refractivity contribution is -0.904. The van der Waals surface area contributed by atoms with Gasteiger partial charge in [0.25, 0.3) is 0 Å². The molecule has 3 N–H and O–H groups in total. The molecule has 10 nitrogen and oxygen atoms in total. The quantitative estimate of drug-likeness (QED) is 0.0771. The van der Waals surface area contributed by atoms with Crippen LogP contribution in [0, 0.1) is 5.92 Å². The van der Waals surface area contributed by atoms with Gasteiger partial charge in [0.1, 0.15) is 16.1 Å². The number of likely N-dealkylation sites (tertiary alicyclic amines) is 1. The van der Waals surface area contributed by atoms with Crippen LogP contribution in [-0.4, -0.2) is 68.1 Å².